The fraction of sp³-hybridized carbons (Fsp3) is 0.487. The molecule has 0 unspecified atom stereocenters. The Morgan fingerprint density at radius 2 is 1.24 bits per heavy atom. The van der Waals surface area contributed by atoms with Crippen LogP contribution in [0.5, 0.6) is 11.5 Å². The molecular formula is C39H51N3O4. The highest BCUT2D eigenvalue weighted by molar-refractivity contribution is 5.31. The van der Waals surface area contributed by atoms with Gasteiger partial charge in [0.15, 0.2) is 0 Å². The quantitative estimate of drug-likeness (QED) is 0.0345. The van der Waals surface area contributed by atoms with E-state index in [0.29, 0.717) is 19.0 Å². The lowest BCUT2D eigenvalue weighted by atomic mass is 10.0. The van der Waals surface area contributed by atoms with Crippen molar-refractivity contribution in [3.05, 3.63) is 106 Å². The van der Waals surface area contributed by atoms with E-state index in [1.54, 1.807) is 7.11 Å². The second-order valence-electron chi connectivity index (χ2n) is 11.5. The van der Waals surface area contributed by atoms with E-state index in [1.165, 1.54) is 57.8 Å². The molecule has 7 nitrogen and oxygen atoms in total. The van der Waals surface area contributed by atoms with Crippen molar-refractivity contribution in [2.45, 2.75) is 109 Å². The summed E-state index contributed by atoms with van der Waals surface area (Å²) in [6, 6.07) is 26.5. The summed E-state index contributed by atoms with van der Waals surface area (Å²) < 4.78 is 24.3. The number of azide groups is 1. The van der Waals surface area contributed by atoms with Crippen molar-refractivity contribution in [1.82, 2.24) is 0 Å². The third-order valence-corrected chi connectivity index (χ3v) is 7.82. The maximum absolute atomic E-state index is 9.57. The van der Waals surface area contributed by atoms with Crippen LogP contribution in [0.25, 0.3) is 10.4 Å². The predicted octanol–water partition coefficient (Wildman–Crippen LogP) is 10.2. The molecule has 0 aliphatic rings. The van der Waals surface area contributed by atoms with Gasteiger partial charge in [-0.05, 0) is 47.3 Å². The SMILES string of the molecule is CCCCCCCCCCCCC#C[C@@H](OCc1ccccc1)[C@@H](OCc1ccccc1)[C@H](COc1ccc(OC)cc1)N=[N+]=[N-]. The first-order valence-corrected chi connectivity index (χ1v) is 16.8. The Morgan fingerprint density at radius 3 is 1.80 bits per heavy atom. The zero-order valence-corrected chi connectivity index (χ0v) is 27.7. The molecule has 0 aliphatic heterocycles. The van der Waals surface area contributed by atoms with E-state index in [0.717, 1.165) is 29.7 Å². The molecule has 0 fully saturated rings. The molecule has 246 valence electrons. The average molecular weight is 626 g/mol. The Labute approximate surface area is 276 Å². The Morgan fingerprint density at radius 1 is 0.696 bits per heavy atom. The van der Waals surface area contributed by atoms with E-state index >= 15 is 0 Å². The summed E-state index contributed by atoms with van der Waals surface area (Å²) in [7, 11) is 1.62. The fourth-order valence-corrected chi connectivity index (χ4v) is 5.13. The van der Waals surface area contributed by atoms with Crippen molar-refractivity contribution >= 4 is 0 Å². The number of unbranched alkanes of at least 4 members (excludes halogenated alkanes) is 10. The van der Waals surface area contributed by atoms with Gasteiger partial charge >= 0.3 is 0 Å². The molecule has 3 rings (SSSR count). The first-order valence-electron chi connectivity index (χ1n) is 16.8. The van der Waals surface area contributed by atoms with Crippen molar-refractivity contribution in [3.63, 3.8) is 0 Å². The zero-order chi connectivity index (χ0) is 32.5. The topological polar surface area (TPSA) is 85.7 Å². The molecular weight excluding hydrogens is 574 g/mol. The lowest BCUT2D eigenvalue weighted by molar-refractivity contribution is -0.0757. The summed E-state index contributed by atoms with van der Waals surface area (Å²) in [5, 5.41) is 4.13. The first kappa shape index (κ1) is 36.5. The van der Waals surface area contributed by atoms with E-state index in [2.05, 4.69) is 28.8 Å². The number of ether oxygens (including phenoxy) is 4. The highest BCUT2D eigenvalue weighted by Crippen LogP contribution is 2.21. The van der Waals surface area contributed by atoms with Gasteiger partial charge in [0.1, 0.15) is 29.7 Å². The van der Waals surface area contributed by atoms with Crippen molar-refractivity contribution in [2.24, 2.45) is 5.11 Å². The molecule has 3 atom stereocenters. The van der Waals surface area contributed by atoms with E-state index in [1.807, 2.05) is 84.9 Å². The highest BCUT2D eigenvalue weighted by Gasteiger charge is 2.31. The van der Waals surface area contributed by atoms with Crippen molar-refractivity contribution < 1.29 is 18.9 Å². The Hall–Kier alpha value is -3.95. The van der Waals surface area contributed by atoms with E-state index in [9.17, 15) is 5.53 Å². The van der Waals surface area contributed by atoms with Gasteiger partial charge in [-0.25, -0.2) is 0 Å². The lowest BCUT2D eigenvalue weighted by Gasteiger charge is -2.29. The van der Waals surface area contributed by atoms with Crippen LogP contribution in [0.1, 0.15) is 88.7 Å². The molecule has 0 saturated heterocycles. The van der Waals surface area contributed by atoms with Crippen LogP contribution in [-0.2, 0) is 22.7 Å². The van der Waals surface area contributed by atoms with Gasteiger partial charge < -0.3 is 18.9 Å². The van der Waals surface area contributed by atoms with Crippen LogP contribution >= 0.6 is 0 Å². The second kappa shape index (κ2) is 23.4. The van der Waals surface area contributed by atoms with Crippen LogP contribution in [0.15, 0.2) is 90.0 Å². The number of hydrogen-bond donors (Lipinski definition) is 0. The van der Waals surface area contributed by atoms with Gasteiger partial charge in [-0.3, -0.25) is 0 Å². The van der Waals surface area contributed by atoms with E-state index in [-0.39, 0.29) is 6.61 Å². The van der Waals surface area contributed by atoms with Crippen molar-refractivity contribution in [1.29, 1.82) is 0 Å². The number of rotatable bonds is 23. The summed E-state index contributed by atoms with van der Waals surface area (Å²) in [5.74, 6) is 8.09. The normalized spacial score (nSPS) is 12.7. The van der Waals surface area contributed by atoms with Gasteiger partial charge in [0.05, 0.1) is 26.9 Å². The summed E-state index contributed by atoms with van der Waals surface area (Å²) in [5.41, 5.74) is 11.6. The molecule has 3 aromatic rings. The summed E-state index contributed by atoms with van der Waals surface area (Å²) in [4.78, 5) is 3.16. The Balaban J connectivity index is 1.71. The largest absolute Gasteiger partial charge is 0.497 e. The number of nitrogens with zero attached hydrogens (tertiary/aromatic N) is 3. The minimum atomic E-state index is -0.691. The molecule has 46 heavy (non-hydrogen) atoms. The summed E-state index contributed by atoms with van der Waals surface area (Å²) in [6.07, 6.45) is 12.3. The van der Waals surface area contributed by atoms with Crippen molar-refractivity contribution in [3.8, 4) is 23.3 Å². The molecule has 0 bridgehead atoms. The van der Waals surface area contributed by atoms with Gasteiger partial charge in [0.25, 0.3) is 0 Å². The first-order chi connectivity index (χ1) is 22.7. The van der Waals surface area contributed by atoms with Crippen LogP contribution in [0.2, 0.25) is 0 Å². The zero-order valence-electron chi connectivity index (χ0n) is 27.7. The fourth-order valence-electron chi connectivity index (χ4n) is 5.13. The third kappa shape index (κ3) is 14.9. The van der Waals surface area contributed by atoms with Crippen LogP contribution < -0.4 is 9.47 Å². The Kier molecular flexibility index (Phi) is 18.6. The lowest BCUT2D eigenvalue weighted by Crippen LogP contribution is -2.42. The molecule has 0 N–H and O–H groups in total. The minimum Gasteiger partial charge on any atom is -0.497 e. The average Bonchev–Trinajstić information content (AvgIpc) is 3.10. The van der Waals surface area contributed by atoms with Crippen LogP contribution in [0, 0.1) is 11.8 Å². The second-order valence-corrected chi connectivity index (χ2v) is 11.5. The molecule has 0 heterocycles. The molecule has 7 heteroatoms. The monoisotopic (exact) mass is 625 g/mol. The van der Waals surface area contributed by atoms with Crippen LogP contribution in [-0.4, -0.2) is 32.0 Å². The molecule has 0 radical (unpaired) electrons. The number of methoxy groups -OCH3 is 1. The predicted molar refractivity (Wildman–Crippen MR) is 186 cm³/mol. The molecule has 0 saturated carbocycles. The van der Waals surface area contributed by atoms with Crippen LogP contribution in [0.3, 0.4) is 0 Å². The highest BCUT2D eigenvalue weighted by atomic mass is 16.5. The van der Waals surface area contributed by atoms with E-state index in [4.69, 9.17) is 18.9 Å². The summed E-state index contributed by atoms with van der Waals surface area (Å²) >= 11 is 0. The standard InChI is InChI=1S/C39H51N3O4/c1-3-4-5-6-7-8-9-10-11-12-13-20-25-38(45-30-33-21-16-14-17-22-33)39(46-31-34-23-18-15-19-24-34)37(41-42-40)32-44-36-28-26-35(43-2)27-29-36/h14-19,21-24,26-29,37-39H,3-13,30-32H2,1-2H3/t37-,38+,39-/m0/s1. The van der Waals surface area contributed by atoms with Gasteiger partial charge in [0.2, 0.25) is 0 Å². The van der Waals surface area contributed by atoms with Gasteiger partial charge in [-0.2, -0.15) is 0 Å². The Bertz CT molecular complexity index is 1300. The van der Waals surface area contributed by atoms with Crippen molar-refractivity contribution in [2.75, 3.05) is 13.7 Å². The number of hydrogen-bond acceptors (Lipinski definition) is 5. The van der Waals surface area contributed by atoms with Gasteiger partial charge in [0, 0.05) is 11.3 Å². The molecule has 3 aromatic carbocycles. The van der Waals surface area contributed by atoms with Gasteiger partial charge in [-0.1, -0.05) is 136 Å². The number of benzene rings is 3. The maximum Gasteiger partial charge on any atom is 0.145 e. The van der Waals surface area contributed by atoms with Crippen LogP contribution in [0.4, 0.5) is 0 Å². The molecule has 0 spiro atoms. The molecule has 0 aliphatic carbocycles. The minimum absolute atomic E-state index is 0.0984. The van der Waals surface area contributed by atoms with E-state index < -0.39 is 18.2 Å². The smallest absolute Gasteiger partial charge is 0.145 e. The molecule has 0 aromatic heterocycles. The van der Waals surface area contributed by atoms with Gasteiger partial charge in [-0.15, -0.1) is 5.92 Å². The summed E-state index contributed by atoms with van der Waals surface area (Å²) in [6.45, 7) is 3.03. The maximum atomic E-state index is 9.57. The molecule has 0 amide bonds. The third-order valence-electron chi connectivity index (χ3n) is 7.82.